The van der Waals surface area contributed by atoms with E-state index in [1.165, 1.54) is 17.6 Å². The maximum Gasteiger partial charge on any atom is 0.260 e. The van der Waals surface area contributed by atoms with E-state index in [9.17, 15) is 9.59 Å². The van der Waals surface area contributed by atoms with Gasteiger partial charge in [-0.05, 0) is 31.5 Å². The predicted molar refractivity (Wildman–Crippen MR) is 97.0 cm³/mol. The lowest BCUT2D eigenvalue weighted by Crippen LogP contribution is -2.15. The van der Waals surface area contributed by atoms with Gasteiger partial charge in [-0.25, -0.2) is 4.98 Å². The second-order valence-corrected chi connectivity index (χ2v) is 6.39. The second kappa shape index (κ2) is 7.31. The molecular formula is C18H17N3O3S. The summed E-state index contributed by atoms with van der Waals surface area (Å²) in [5.74, 6) is 0.117. The van der Waals surface area contributed by atoms with Gasteiger partial charge in [-0.2, -0.15) is 0 Å². The van der Waals surface area contributed by atoms with E-state index in [1.807, 2.05) is 31.2 Å². The van der Waals surface area contributed by atoms with Crippen LogP contribution in [0.3, 0.4) is 0 Å². The highest BCUT2D eigenvalue weighted by Gasteiger charge is 2.14. The van der Waals surface area contributed by atoms with Crippen LogP contribution in [0.25, 0.3) is 0 Å². The molecule has 2 amide bonds. The zero-order valence-electron chi connectivity index (χ0n) is 13.8. The van der Waals surface area contributed by atoms with E-state index in [0.717, 1.165) is 11.3 Å². The molecule has 0 saturated heterocycles. The highest BCUT2D eigenvalue weighted by molar-refractivity contribution is 7.14. The van der Waals surface area contributed by atoms with Crippen molar-refractivity contribution in [1.29, 1.82) is 0 Å². The molecular weight excluding hydrogens is 338 g/mol. The van der Waals surface area contributed by atoms with Gasteiger partial charge in [-0.15, -0.1) is 11.3 Å². The SMILES string of the molecule is Cc1ccccc1NC(=O)Cc1csc(NC(=O)c2ccoc2C)n1. The van der Waals surface area contributed by atoms with Crippen LogP contribution in [0.2, 0.25) is 0 Å². The Morgan fingerprint density at radius 2 is 1.96 bits per heavy atom. The molecule has 25 heavy (non-hydrogen) atoms. The smallest absolute Gasteiger partial charge is 0.260 e. The van der Waals surface area contributed by atoms with Crippen LogP contribution in [-0.2, 0) is 11.2 Å². The third kappa shape index (κ3) is 4.13. The summed E-state index contributed by atoms with van der Waals surface area (Å²) in [7, 11) is 0. The Labute approximate surface area is 148 Å². The summed E-state index contributed by atoms with van der Waals surface area (Å²) >= 11 is 1.28. The standard InChI is InChI=1S/C18H17N3O3S/c1-11-5-3-4-6-15(11)20-16(22)9-13-10-25-18(19-13)21-17(23)14-7-8-24-12(14)2/h3-8,10H,9H2,1-2H3,(H,20,22)(H,19,21,23). The molecule has 0 fully saturated rings. The number of rotatable bonds is 5. The van der Waals surface area contributed by atoms with E-state index >= 15 is 0 Å². The third-order valence-electron chi connectivity index (χ3n) is 3.64. The Hall–Kier alpha value is -2.93. The normalized spacial score (nSPS) is 10.5. The molecule has 7 heteroatoms. The second-order valence-electron chi connectivity index (χ2n) is 5.53. The van der Waals surface area contributed by atoms with E-state index in [-0.39, 0.29) is 18.2 Å². The number of nitrogens with one attached hydrogen (secondary N) is 2. The Morgan fingerprint density at radius 3 is 2.68 bits per heavy atom. The number of carbonyl (C=O) groups excluding carboxylic acids is 2. The average Bonchev–Trinajstić information content (AvgIpc) is 3.18. The minimum Gasteiger partial charge on any atom is -0.469 e. The number of hydrogen-bond donors (Lipinski definition) is 2. The molecule has 2 heterocycles. The van der Waals surface area contributed by atoms with Gasteiger partial charge < -0.3 is 9.73 Å². The van der Waals surface area contributed by atoms with Crippen LogP contribution in [0.1, 0.15) is 27.4 Å². The number of aromatic nitrogens is 1. The number of benzene rings is 1. The molecule has 128 valence electrons. The third-order valence-corrected chi connectivity index (χ3v) is 4.44. The number of furan rings is 1. The lowest BCUT2D eigenvalue weighted by atomic mass is 10.2. The quantitative estimate of drug-likeness (QED) is 0.729. The summed E-state index contributed by atoms with van der Waals surface area (Å²) in [5, 5.41) is 7.79. The first kappa shape index (κ1) is 16.9. The fourth-order valence-electron chi connectivity index (χ4n) is 2.30. The monoisotopic (exact) mass is 355 g/mol. The number of amides is 2. The first-order chi connectivity index (χ1) is 12.0. The summed E-state index contributed by atoms with van der Waals surface area (Å²) in [4.78, 5) is 28.6. The maximum absolute atomic E-state index is 12.2. The number of para-hydroxylation sites is 1. The zero-order chi connectivity index (χ0) is 17.8. The van der Waals surface area contributed by atoms with E-state index in [4.69, 9.17) is 4.42 Å². The fourth-order valence-corrected chi connectivity index (χ4v) is 3.01. The summed E-state index contributed by atoms with van der Waals surface area (Å²) < 4.78 is 5.12. The Kier molecular flexibility index (Phi) is 4.95. The Morgan fingerprint density at radius 1 is 1.16 bits per heavy atom. The van der Waals surface area contributed by atoms with Crippen LogP contribution >= 0.6 is 11.3 Å². The number of carbonyl (C=O) groups is 2. The zero-order valence-corrected chi connectivity index (χ0v) is 14.6. The van der Waals surface area contributed by atoms with Gasteiger partial charge in [-0.3, -0.25) is 14.9 Å². The van der Waals surface area contributed by atoms with Gasteiger partial charge in [0.1, 0.15) is 5.76 Å². The summed E-state index contributed by atoms with van der Waals surface area (Å²) in [6, 6.07) is 9.19. The summed E-state index contributed by atoms with van der Waals surface area (Å²) in [5.41, 5.74) is 2.86. The number of nitrogens with zero attached hydrogens (tertiary/aromatic N) is 1. The Balaban J connectivity index is 1.60. The number of thiazole rings is 1. The van der Waals surface area contributed by atoms with Crippen LogP contribution in [0.4, 0.5) is 10.8 Å². The lowest BCUT2D eigenvalue weighted by Gasteiger charge is -2.06. The summed E-state index contributed by atoms with van der Waals surface area (Å²) in [6.45, 7) is 3.65. The topological polar surface area (TPSA) is 84.2 Å². The van der Waals surface area contributed by atoms with Crippen molar-refractivity contribution in [1.82, 2.24) is 4.98 Å². The van der Waals surface area contributed by atoms with Gasteiger partial charge in [0.2, 0.25) is 5.91 Å². The lowest BCUT2D eigenvalue weighted by molar-refractivity contribution is -0.115. The highest BCUT2D eigenvalue weighted by atomic mass is 32.1. The molecule has 0 bridgehead atoms. The van der Waals surface area contributed by atoms with Gasteiger partial charge in [0.25, 0.3) is 5.91 Å². The van der Waals surface area contributed by atoms with E-state index in [0.29, 0.717) is 22.1 Å². The molecule has 0 aliphatic rings. The van der Waals surface area contributed by atoms with Crippen LogP contribution in [0.15, 0.2) is 46.4 Å². The predicted octanol–water partition coefficient (Wildman–Crippen LogP) is 3.79. The van der Waals surface area contributed by atoms with Crippen molar-refractivity contribution in [2.24, 2.45) is 0 Å². The molecule has 0 atom stereocenters. The minimum absolute atomic E-state index is 0.144. The van der Waals surface area contributed by atoms with E-state index in [1.54, 1.807) is 18.4 Å². The van der Waals surface area contributed by atoms with E-state index < -0.39 is 0 Å². The van der Waals surface area contributed by atoms with Gasteiger partial charge in [0.05, 0.1) is 23.9 Å². The van der Waals surface area contributed by atoms with Crippen LogP contribution < -0.4 is 10.6 Å². The van der Waals surface area contributed by atoms with E-state index in [2.05, 4.69) is 15.6 Å². The molecule has 3 rings (SSSR count). The van der Waals surface area contributed by atoms with Gasteiger partial charge in [0, 0.05) is 11.1 Å². The van der Waals surface area contributed by atoms with Crippen molar-refractivity contribution < 1.29 is 14.0 Å². The first-order valence-electron chi connectivity index (χ1n) is 7.68. The molecule has 1 aromatic carbocycles. The molecule has 0 radical (unpaired) electrons. The van der Waals surface area contributed by atoms with Crippen molar-refractivity contribution in [2.75, 3.05) is 10.6 Å². The largest absolute Gasteiger partial charge is 0.469 e. The van der Waals surface area contributed by atoms with Crippen molar-refractivity contribution in [2.45, 2.75) is 20.3 Å². The fraction of sp³-hybridized carbons (Fsp3) is 0.167. The number of aryl methyl sites for hydroxylation is 2. The maximum atomic E-state index is 12.2. The van der Waals surface area contributed by atoms with Crippen molar-refractivity contribution in [3.8, 4) is 0 Å². The minimum atomic E-state index is -0.281. The molecule has 3 aromatic rings. The molecule has 2 N–H and O–H groups in total. The van der Waals surface area contributed by atoms with Crippen molar-refractivity contribution in [3.63, 3.8) is 0 Å². The summed E-state index contributed by atoms with van der Waals surface area (Å²) in [6.07, 6.45) is 1.61. The van der Waals surface area contributed by atoms with Crippen LogP contribution in [0.5, 0.6) is 0 Å². The van der Waals surface area contributed by atoms with Gasteiger partial charge in [-0.1, -0.05) is 18.2 Å². The van der Waals surface area contributed by atoms with Gasteiger partial charge >= 0.3 is 0 Å². The molecule has 2 aromatic heterocycles. The number of anilines is 2. The molecule has 0 aliphatic heterocycles. The van der Waals surface area contributed by atoms with Gasteiger partial charge in [0.15, 0.2) is 5.13 Å². The molecule has 0 unspecified atom stereocenters. The van der Waals surface area contributed by atoms with Crippen LogP contribution in [0, 0.1) is 13.8 Å². The highest BCUT2D eigenvalue weighted by Crippen LogP contribution is 2.19. The first-order valence-corrected chi connectivity index (χ1v) is 8.56. The average molecular weight is 355 g/mol. The van der Waals surface area contributed by atoms with Crippen LogP contribution in [-0.4, -0.2) is 16.8 Å². The Bertz CT molecular complexity index is 914. The number of hydrogen-bond acceptors (Lipinski definition) is 5. The molecule has 0 spiro atoms. The van der Waals surface area contributed by atoms with Crippen molar-refractivity contribution >= 4 is 34.0 Å². The molecule has 0 saturated carbocycles. The molecule has 0 aliphatic carbocycles. The van der Waals surface area contributed by atoms with Crippen molar-refractivity contribution in [3.05, 3.63) is 64.6 Å². The molecule has 6 nitrogen and oxygen atoms in total.